The van der Waals surface area contributed by atoms with Crippen molar-refractivity contribution in [1.82, 2.24) is 9.21 Å². The van der Waals surface area contributed by atoms with Gasteiger partial charge in [0.15, 0.2) is 0 Å². The number of aliphatic hydroxyl groups is 1. The quantitative estimate of drug-likeness (QED) is 0.884. The highest BCUT2D eigenvalue weighted by atomic mass is 32.2. The number of rotatable bonds is 3. The predicted octanol–water partition coefficient (Wildman–Crippen LogP) is 1.07. The molecule has 0 spiro atoms. The zero-order valence-corrected chi connectivity index (χ0v) is 14.3. The number of sulfonamides is 1. The van der Waals surface area contributed by atoms with Crippen molar-refractivity contribution in [2.45, 2.75) is 42.7 Å². The molecule has 2 unspecified atom stereocenters. The van der Waals surface area contributed by atoms with Crippen LogP contribution in [0.3, 0.4) is 0 Å². The molecule has 1 N–H and O–H groups in total. The lowest BCUT2D eigenvalue weighted by atomic mass is 9.90. The summed E-state index contributed by atoms with van der Waals surface area (Å²) in [6, 6.07) is 6.61. The lowest BCUT2D eigenvalue weighted by Crippen LogP contribution is -2.53. The zero-order valence-electron chi connectivity index (χ0n) is 13.5. The predicted molar refractivity (Wildman–Crippen MR) is 88.0 cm³/mol. The van der Waals surface area contributed by atoms with Crippen LogP contribution in [0.2, 0.25) is 0 Å². The molecular formula is C17H22N2O4S. The normalized spacial score (nSPS) is 28.0. The molecular weight excluding hydrogens is 328 g/mol. The summed E-state index contributed by atoms with van der Waals surface area (Å²) in [5, 5.41) is 9.34. The number of hydrogen-bond acceptors (Lipinski definition) is 4. The van der Waals surface area contributed by atoms with Gasteiger partial charge in [-0.05, 0) is 43.4 Å². The van der Waals surface area contributed by atoms with E-state index >= 15 is 0 Å². The fourth-order valence-corrected chi connectivity index (χ4v) is 5.67. The Labute approximate surface area is 142 Å². The summed E-state index contributed by atoms with van der Waals surface area (Å²) < 4.78 is 26.3. The van der Waals surface area contributed by atoms with E-state index in [1.807, 2.05) is 4.90 Å². The second-order valence-corrected chi connectivity index (χ2v) is 9.09. The summed E-state index contributed by atoms with van der Waals surface area (Å²) in [6.45, 7) is 1.03. The minimum Gasteiger partial charge on any atom is -0.390 e. The van der Waals surface area contributed by atoms with E-state index in [4.69, 9.17) is 0 Å². The molecule has 3 aliphatic rings. The average Bonchev–Trinajstić information content (AvgIpc) is 2.85. The van der Waals surface area contributed by atoms with Gasteiger partial charge in [0.05, 0.1) is 11.0 Å². The molecule has 2 atom stereocenters. The second kappa shape index (κ2) is 5.82. The zero-order chi connectivity index (χ0) is 16.9. The number of β-amino-alcohol motifs (C(OH)–C–C–N with tert-alkyl or cyclic N) is 1. The van der Waals surface area contributed by atoms with Crippen molar-refractivity contribution in [3.05, 3.63) is 29.8 Å². The maximum atomic E-state index is 12.9. The third-order valence-electron chi connectivity index (χ3n) is 5.46. The molecule has 0 radical (unpaired) electrons. The van der Waals surface area contributed by atoms with E-state index in [9.17, 15) is 18.3 Å². The number of carbonyl (C=O) groups is 1. The number of amides is 1. The topological polar surface area (TPSA) is 77.9 Å². The van der Waals surface area contributed by atoms with Crippen LogP contribution in [-0.4, -0.2) is 60.4 Å². The van der Waals surface area contributed by atoms with Crippen LogP contribution >= 0.6 is 0 Å². The third kappa shape index (κ3) is 2.64. The van der Waals surface area contributed by atoms with Crippen LogP contribution in [0.15, 0.2) is 29.2 Å². The first-order valence-electron chi connectivity index (χ1n) is 8.54. The smallest absolute Gasteiger partial charge is 0.254 e. The van der Waals surface area contributed by atoms with Gasteiger partial charge in [0, 0.05) is 31.2 Å². The van der Waals surface area contributed by atoms with E-state index in [0.29, 0.717) is 17.5 Å². The van der Waals surface area contributed by atoms with Crippen molar-refractivity contribution in [1.29, 1.82) is 0 Å². The summed E-state index contributed by atoms with van der Waals surface area (Å²) in [7, 11) is -3.63. The Morgan fingerprint density at radius 3 is 2.67 bits per heavy atom. The lowest BCUT2D eigenvalue weighted by molar-refractivity contribution is 0.0547. The molecule has 2 bridgehead atoms. The second-order valence-electron chi connectivity index (χ2n) is 7.15. The van der Waals surface area contributed by atoms with Crippen molar-refractivity contribution in [2.24, 2.45) is 5.92 Å². The molecule has 24 heavy (non-hydrogen) atoms. The Kier molecular flexibility index (Phi) is 3.89. The van der Waals surface area contributed by atoms with Gasteiger partial charge in [0.1, 0.15) is 0 Å². The van der Waals surface area contributed by atoms with Crippen molar-refractivity contribution < 1.29 is 18.3 Å². The Bertz CT molecular complexity index is 758. The Balaban J connectivity index is 1.57. The fraction of sp³-hybridized carbons (Fsp3) is 0.588. The van der Waals surface area contributed by atoms with E-state index in [1.54, 1.807) is 12.1 Å². The van der Waals surface area contributed by atoms with Crippen molar-refractivity contribution >= 4 is 15.9 Å². The van der Waals surface area contributed by atoms with Crippen molar-refractivity contribution in [2.75, 3.05) is 19.6 Å². The molecule has 1 aliphatic carbocycles. The van der Waals surface area contributed by atoms with E-state index in [1.165, 1.54) is 29.3 Å². The maximum absolute atomic E-state index is 12.9. The number of likely N-dealkylation sites (tertiary alicyclic amines) is 1. The van der Waals surface area contributed by atoms with Gasteiger partial charge in [0.25, 0.3) is 5.91 Å². The van der Waals surface area contributed by atoms with Gasteiger partial charge in [-0.15, -0.1) is 0 Å². The summed E-state index contributed by atoms with van der Waals surface area (Å²) >= 11 is 0. The first-order valence-corrected chi connectivity index (χ1v) is 9.98. The molecule has 1 aromatic carbocycles. The van der Waals surface area contributed by atoms with Gasteiger partial charge < -0.3 is 10.0 Å². The van der Waals surface area contributed by atoms with Gasteiger partial charge in [0.2, 0.25) is 10.0 Å². The van der Waals surface area contributed by atoms with Gasteiger partial charge in [-0.3, -0.25) is 4.79 Å². The molecule has 2 aliphatic heterocycles. The summed E-state index contributed by atoms with van der Waals surface area (Å²) in [4.78, 5) is 14.9. The van der Waals surface area contributed by atoms with Gasteiger partial charge >= 0.3 is 0 Å². The highest BCUT2D eigenvalue weighted by molar-refractivity contribution is 7.89. The average molecular weight is 350 g/mol. The molecule has 6 nitrogen and oxygen atoms in total. The Morgan fingerprint density at radius 1 is 1.17 bits per heavy atom. The Hall–Kier alpha value is -1.44. The Morgan fingerprint density at radius 2 is 1.96 bits per heavy atom. The fourth-order valence-electron chi connectivity index (χ4n) is 4.10. The third-order valence-corrected chi connectivity index (χ3v) is 7.29. The molecule has 130 valence electrons. The SMILES string of the molecule is O=C(c1cccc(S(=O)(=O)N2CC(O)C2)c1)N1CC2CCCC1C2. The first-order chi connectivity index (χ1) is 11.4. The van der Waals surface area contributed by atoms with Crippen LogP contribution in [0.25, 0.3) is 0 Å². The molecule has 2 heterocycles. The highest BCUT2D eigenvalue weighted by Crippen LogP contribution is 2.36. The van der Waals surface area contributed by atoms with Gasteiger partial charge in [-0.1, -0.05) is 12.5 Å². The van der Waals surface area contributed by atoms with E-state index in [-0.39, 0.29) is 23.9 Å². The minimum atomic E-state index is -3.63. The number of hydrogen-bond donors (Lipinski definition) is 1. The van der Waals surface area contributed by atoms with Crippen LogP contribution in [0, 0.1) is 5.92 Å². The van der Waals surface area contributed by atoms with Crippen molar-refractivity contribution in [3.63, 3.8) is 0 Å². The molecule has 7 heteroatoms. The van der Waals surface area contributed by atoms with Crippen LogP contribution in [-0.2, 0) is 10.0 Å². The number of fused-ring (bicyclic) bond motifs is 2. The van der Waals surface area contributed by atoms with Crippen LogP contribution < -0.4 is 0 Å². The summed E-state index contributed by atoms with van der Waals surface area (Å²) in [5.41, 5.74) is 0.435. The van der Waals surface area contributed by atoms with Crippen LogP contribution in [0.5, 0.6) is 0 Å². The summed E-state index contributed by atoms with van der Waals surface area (Å²) in [6.07, 6.45) is 3.89. The number of nitrogens with zero attached hydrogens (tertiary/aromatic N) is 2. The number of aliphatic hydroxyl groups excluding tert-OH is 1. The molecule has 3 fully saturated rings. The standard InChI is InChI=1S/C17H22N2O4S/c20-15-10-18(11-15)24(22,23)16-6-2-4-13(8-16)17(21)19-9-12-3-1-5-14(19)7-12/h2,4,6,8,12,14-15,20H,1,3,5,7,9-11H2. The largest absolute Gasteiger partial charge is 0.390 e. The molecule has 1 aromatic rings. The molecule has 4 rings (SSSR count). The van der Waals surface area contributed by atoms with E-state index in [0.717, 1.165) is 19.4 Å². The van der Waals surface area contributed by atoms with Gasteiger partial charge in [-0.25, -0.2) is 8.42 Å². The van der Waals surface area contributed by atoms with E-state index < -0.39 is 16.1 Å². The molecule has 1 saturated carbocycles. The van der Waals surface area contributed by atoms with Crippen LogP contribution in [0.1, 0.15) is 36.0 Å². The van der Waals surface area contributed by atoms with Crippen LogP contribution in [0.4, 0.5) is 0 Å². The first kappa shape index (κ1) is 16.1. The number of carbonyl (C=O) groups excluding carboxylic acids is 1. The van der Waals surface area contributed by atoms with Crippen molar-refractivity contribution in [3.8, 4) is 0 Å². The minimum absolute atomic E-state index is 0.0647. The molecule has 1 amide bonds. The monoisotopic (exact) mass is 350 g/mol. The van der Waals surface area contributed by atoms with E-state index in [2.05, 4.69) is 0 Å². The molecule has 0 aromatic heterocycles. The summed E-state index contributed by atoms with van der Waals surface area (Å²) in [5.74, 6) is 0.535. The highest BCUT2D eigenvalue weighted by Gasteiger charge is 2.39. The number of benzene rings is 1. The van der Waals surface area contributed by atoms with Gasteiger partial charge in [-0.2, -0.15) is 4.31 Å². The lowest BCUT2D eigenvalue weighted by Gasteiger charge is -2.34. The molecule has 2 saturated heterocycles. The maximum Gasteiger partial charge on any atom is 0.254 e.